The Morgan fingerprint density at radius 1 is 1.36 bits per heavy atom. The average Bonchev–Trinajstić information content (AvgIpc) is 2.28. The molecule has 0 aromatic carbocycles. The van der Waals surface area contributed by atoms with Crippen molar-refractivity contribution in [2.75, 3.05) is 52.9 Å². The largest absolute Gasteiger partial charge is 0.617 e. The van der Waals surface area contributed by atoms with Crippen molar-refractivity contribution in [2.45, 2.75) is 0 Å². The van der Waals surface area contributed by atoms with Crippen LogP contribution in [0.2, 0.25) is 0 Å². The van der Waals surface area contributed by atoms with E-state index in [9.17, 15) is 5.11 Å². The molecule has 3 aliphatic rings. The summed E-state index contributed by atoms with van der Waals surface area (Å²) in [5, 5.41) is 11.0. The van der Waals surface area contributed by atoms with E-state index in [0.717, 1.165) is 11.0 Å². The number of nitrogens with zero attached hydrogens (tertiary/aromatic N) is 2. The zero-order valence-corrected chi connectivity index (χ0v) is 8.74. The highest BCUT2D eigenvalue weighted by molar-refractivity contribution is 4.82. The fourth-order valence-electron chi connectivity index (χ4n) is 2.36. The van der Waals surface area contributed by atoms with Crippen molar-refractivity contribution in [3.8, 4) is 0 Å². The Morgan fingerprint density at radius 3 is 2.43 bits per heavy atom. The van der Waals surface area contributed by atoms with Crippen LogP contribution in [-0.2, 0) is 4.74 Å². The van der Waals surface area contributed by atoms with Gasteiger partial charge in [0.2, 0.25) is 0 Å². The topological polar surface area (TPSA) is 35.5 Å². The highest BCUT2D eigenvalue weighted by atomic mass is 16.6. The lowest BCUT2D eigenvalue weighted by Crippen LogP contribution is -2.67. The van der Waals surface area contributed by atoms with Gasteiger partial charge in [-0.05, 0) is 13.2 Å². The Balaban J connectivity index is 1.95. The molecule has 0 saturated carbocycles. The molecule has 0 aromatic heterocycles. The maximum Gasteiger partial charge on any atom is 0.0995 e. The smallest absolute Gasteiger partial charge is 0.0995 e. The van der Waals surface area contributed by atoms with Gasteiger partial charge >= 0.3 is 0 Å². The zero-order chi connectivity index (χ0) is 10.0. The third-order valence-electron chi connectivity index (χ3n) is 3.52. The highest BCUT2D eigenvalue weighted by Crippen LogP contribution is 2.19. The molecule has 2 bridgehead atoms. The summed E-state index contributed by atoms with van der Waals surface area (Å²) < 4.78 is 5.72. The van der Waals surface area contributed by atoms with Crippen molar-refractivity contribution in [3.05, 3.63) is 12.0 Å². The molecular weight excluding hydrogens is 180 g/mol. The molecule has 0 aliphatic carbocycles. The van der Waals surface area contributed by atoms with Gasteiger partial charge in [0.25, 0.3) is 0 Å². The van der Waals surface area contributed by atoms with Gasteiger partial charge < -0.3 is 14.3 Å². The van der Waals surface area contributed by atoms with Gasteiger partial charge in [-0.3, -0.25) is 4.90 Å². The molecule has 0 unspecified atom stereocenters. The number of quaternary nitrogens is 1. The summed E-state index contributed by atoms with van der Waals surface area (Å²) in [7, 11) is 1.44. The van der Waals surface area contributed by atoms with Gasteiger partial charge in [-0.1, -0.05) is 0 Å². The first-order valence-corrected chi connectivity index (χ1v) is 5.23. The quantitative estimate of drug-likeness (QED) is 0.430. The Labute approximate surface area is 85.0 Å². The predicted molar refractivity (Wildman–Crippen MR) is 51.3 cm³/mol. The van der Waals surface area contributed by atoms with E-state index < -0.39 is 0 Å². The number of rotatable bonds is 3. The fraction of sp³-hybridized carbons (Fsp3) is 0.800. The summed E-state index contributed by atoms with van der Waals surface area (Å²) in [5.74, 6) is -0.189. The van der Waals surface area contributed by atoms with Crippen LogP contribution in [0.5, 0.6) is 0 Å². The van der Waals surface area contributed by atoms with E-state index in [0.29, 0.717) is 0 Å². The molecule has 3 aliphatic heterocycles. The van der Waals surface area contributed by atoms with Crippen LogP contribution in [0.25, 0.3) is 0 Å². The molecule has 4 nitrogen and oxygen atoms in total. The Bertz CT molecular complexity index is 219. The molecule has 14 heavy (non-hydrogen) atoms. The van der Waals surface area contributed by atoms with Crippen LogP contribution >= 0.6 is 0 Å². The van der Waals surface area contributed by atoms with Gasteiger partial charge in [0.15, 0.2) is 0 Å². The molecule has 3 rings (SSSR count). The Morgan fingerprint density at radius 2 is 1.93 bits per heavy atom. The lowest BCUT2D eigenvalue weighted by molar-refractivity contribution is -0.935. The first-order valence-electron chi connectivity index (χ1n) is 5.23. The third-order valence-corrected chi connectivity index (χ3v) is 3.52. The summed E-state index contributed by atoms with van der Waals surface area (Å²) in [6, 6.07) is 0. The minimum absolute atomic E-state index is 0.189. The first kappa shape index (κ1) is 9.80. The van der Waals surface area contributed by atoms with E-state index >= 15 is 0 Å². The van der Waals surface area contributed by atoms with Crippen molar-refractivity contribution in [1.29, 1.82) is 0 Å². The van der Waals surface area contributed by atoms with Crippen LogP contribution < -0.4 is 5.11 Å². The molecule has 0 aromatic rings. The van der Waals surface area contributed by atoms with Crippen LogP contribution in [0, 0.1) is 0 Å². The second-order valence-electron chi connectivity index (χ2n) is 4.26. The van der Waals surface area contributed by atoms with Crippen molar-refractivity contribution < 1.29 is 14.3 Å². The molecule has 0 spiro atoms. The maximum absolute atomic E-state index is 11.0. The molecular formula is C10H18N2O2. The predicted octanol–water partition coefficient (Wildman–Crippen LogP) is -1.02. The lowest BCUT2D eigenvalue weighted by Gasteiger charge is -2.50. The number of hydrogen-bond acceptors (Lipinski definition) is 3. The van der Waals surface area contributed by atoms with Gasteiger partial charge in [-0.15, -0.1) is 0 Å². The SMILES string of the molecule is CO/C([O-])=C/C[N+]12CCN(CC1)CC2. The summed E-state index contributed by atoms with van der Waals surface area (Å²) in [5.41, 5.74) is 0. The lowest BCUT2D eigenvalue weighted by atomic mass is 10.1. The molecule has 0 N–H and O–H groups in total. The van der Waals surface area contributed by atoms with Crippen LogP contribution in [0.1, 0.15) is 0 Å². The summed E-state index contributed by atoms with van der Waals surface area (Å²) in [6.07, 6.45) is 1.70. The van der Waals surface area contributed by atoms with Gasteiger partial charge in [-0.2, -0.15) is 0 Å². The summed E-state index contributed by atoms with van der Waals surface area (Å²) >= 11 is 0. The molecule has 0 atom stereocenters. The van der Waals surface area contributed by atoms with Gasteiger partial charge in [0.1, 0.15) is 0 Å². The molecule has 3 fully saturated rings. The second-order valence-corrected chi connectivity index (χ2v) is 4.26. The number of ether oxygens (including phenoxy) is 1. The Hall–Kier alpha value is -0.740. The fourth-order valence-corrected chi connectivity index (χ4v) is 2.36. The van der Waals surface area contributed by atoms with Gasteiger partial charge in [0.05, 0.1) is 32.1 Å². The first-order chi connectivity index (χ1) is 6.74. The van der Waals surface area contributed by atoms with E-state index in [1.54, 1.807) is 6.08 Å². The highest BCUT2D eigenvalue weighted by Gasteiger charge is 2.37. The molecule has 3 saturated heterocycles. The summed E-state index contributed by atoms with van der Waals surface area (Å²) in [6.45, 7) is 7.98. The normalized spacial score (nSPS) is 37.2. The van der Waals surface area contributed by atoms with E-state index in [1.165, 1.54) is 46.4 Å². The molecule has 4 heteroatoms. The second kappa shape index (κ2) is 3.79. The minimum atomic E-state index is -0.189. The van der Waals surface area contributed by atoms with Crippen molar-refractivity contribution in [1.82, 2.24) is 4.90 Å². The third kappa shape index (κ3) is 1.86. The van der Waals surface area contributed by atoms with Gasteiger partial charge in [-0.25, -0.2) is 0 Å². The minimum Gasteiger partial charge on any atom is -0.617 e. The standard InChI is InChI=1S/C10H18N2O2/c1-14-10(13)2-6-12-7-3-11(4-8-12)5-9-12/h2H,3-9H2,1H3/b10-2+. The molecule has 0 radical (unpaired) electrons. The molecule has 0 amide bonds. The molecule has 3 heterocycles. The number of hydrogen-bond donors (Lipinski definition) is 0. The number of piperazine rings is 3. The van der Waals surface area contributed by atoms with Crippen LogP contribution in [0.4, 0.5) is 0 Å². The van der Waals surface area contributed by atoms with Crippen molar-refractivity contribution in [2.24, 2.45) is 0 Å². The van der Waals surface area contributed by atoms with E-state index in [2.05, 4.69) is 9.64 Å². The van der Waals surface area contributed by atoms with E-state index in [-0.39, 0.29) is 5.95 Å². The van der Waals surface area contributed by atoms with E-state index in [4.69, 9.17) is 0 Å². The van der Waals surface area contributed by atoms with Crippen molar-refractivity contribution in [3.63, 3.8) is 0 Å². The zero-order valence-electron chi connectivity index (χ0n) is 8.74. The number of methoxy groups -OCH3 is 1. The average molecular weight is 198 g/mol. The van der Waals surface area contributed by atoms with Crippen molar-refractivity contribution >= 4 is 0 Å². The van der Waals surface area contributed by atoms with Crippen LogP contribution in [0.15, 0.2) is 12.0 Å². The summed E-state index contributed by atoms with van der Waals surface area (Å²) in [4.78, 5) is 2.50. The van der Waals surface area contributed by atoms with Crippen LogP contribution in [0.3, 0.4) is 0 Å². The Kier molecular flexibility index (Phi) is 2.65. The van der Waals surface area contributed by atoms with Crippen LogP contribution in [-0.4, -0.2) is 62.3 Å². The van der Waals surface area contributed by atoms with E-state index in [1.807, 2.05) is 0 Å². The molecule has 80 valence electrons. The van der Waals surface area contributed by atoms with Gasteiger partial charge in [0, 0.05) is 19.6 Å². The number of fused-ring (bicyclic) bond motifs is 3. The maximum atomic E-state index is 11.0. The monoisotopic (exact) mass is 198 g/mol.